The molecule has 0 unspecified atom stereocenters. The topological polar surface area (TPSA) is 139 Å². The van der Waals surface area contributed by atoms with Crippen molar-refractivity contribution >= 4 is 28.7 Å². The van der Waals surface area contributed by atoms with E-state index in [2.05, 4.69) is 35.8 Å². The van der Waals surface area contributed by atoms with E-state index in [0.717, 1.165) is 22.2 Å². The lowest BCUT2D eigenvalue weighted by Gasteiger charge is -2.11. The number of aryl methyl sites for hydroxylation is 1. The van der Waals surface area contributed by atoms with Crippen molar-refractivity contribution in [1.29, 1.82) is 0 Å². The number of aliphatic hydroxyl groups excluding tert-OH is 1. The number of hydrogen-bond donors (Lipinski definition) is 4. The first-order chi connectivity index (χ1) is 16.6. The fraction of sp³-hybridized carbons (Fsp3) is 0.174. The standard InChI is InChI=1S/C23H23N9O2/c1-13-26-21(24-2)30-22(27-13)32-18-11-15(14-5-7-19(34-3)16(10-14)12-33)4-6-17(18)28-23(32)29-20-8-9-25-31-20/h4-11,33H,12H2,1-3H3,(H,24,26,27,30)(H2,25,28,29,31). The third-order valence-corrected chi connectivity index (χ3v) is 5.34. The van der Waals surface area contributed by atoms with E-state index in [1.807, 2.05) is 47.9 Å². The van der Waals surface area contributed by atoms with E-state index < -0.39 is 0 Å². The molecule has 0 saturated carbocycles. The number of rotatable bonds is 7. The smallest absolute Gasteiger partial charge is 0.242 e. The van der Waals surface area contributed by atoms with Crippen LogP contribution in [0.4, 0.5) is 17.7 Å². The minimum absolute atomic E-state index is 0.119. The van der Waals surface area contributed by atoms with Gasteiger partial charge in [-0.2, -0.15) is 20.1 Å². The Balaban J connectivity index is 1.71. The summed E-state index contributed by atoms with van der Waals surface area (Å²) in [6.07, 6.45) is 1.65. The molecule has 3 heterocycles. The monoisotopic (exact) mass is 457 g/mol. The predicted octanol–water partition coefficient (Wildman–Crippen LogP) is 3.20. The van der Waals surface area contributed by atoms with Crippen LogP contribution in [0, 0.1) is 6.92 Å². The molecule has 11 heteroatoms. The van der Waals surface area contributed by atoms with Crippen molar-refractivity contribution in [2.24, 2.45) is 0 Å². The van der Waals surface area contributed by atoms with E-state index in [4.69, 9.17) is 9.72 Å². The van der Waals surface area contributed by atoms with Gasteiger partial charge in [-0.3, -0.25) is 5.10 Å². The van der Waals surface area contributed by atoms with Gasteiger partial charge in [-0.1, -0.05) is 12.1 Å². The summed E-state index contributed by atoms with van der Waals surface area (Å²) in [4.78, 5) is 18.2. The molecule has 0 bridgehead atoms. The number of nitrogens with one attached hydrogen (secondary N) is 3. The highest BCUT2D eigenvalue weighted by Crippen LogP contribution is 2.32. The molecule has 0 aliphatic carbocycles. The minimum atomic E-state index is -0.119. The molecule has 0 spiro atoms. The fourth-order valence-electron chi connectivity index (χ4n) is 3.75. The molecule has 0 aliphatic heterocycles. The van der Waals surface area contributed by atoms with Gasteiger partial charge < -0.3 is 20.5 Å². The molecule has 5 rings (SSSR count). The van der Waals surface area contributed by atoms with Crippen LogP contribution in [0.2, 0.25) is 0 Å². The zero-order valence-corrected chi connectivity index (χ0v) is 18.9. The normalized spacial score (nSPS) is 11.1. The molecule has 0 aliphatic rings. The van der Waals surface area contributed by atoms with Crippen LogP contribution in [0.15, 0.2) is 48.7 Å². The largest absolute Gasteiger partial charge is 0.496 e. The Bertz CT molecular complexity index is 1460. The van der Waals surface area contributed by atoms with Gasteiger partial charge in [-0.25, -0.2) is 9.55 Å². The van der Waals surface area contributed by atoms with Crippen molar-refractivity contribution in [3.05, 3.63) is 60.0 Å². The number of methoxy groups -OCH3 is 1. The molecular weight excluding hydrogens is 434 g/mol. The van der Waals surface area contributed by atoms with Gasteiger partial charge in [-0.15, -0.1) is 0 Å². The van der Waals surface area contributed by atoms with Crippen LogP contribution < -0.4 is 15.4 Å². The zero-order valence-electron chi connectivity index (χ0n) is 18.9. The predicted molar refractivity (Wildman–Crippen MR) is 129 cm³/mol. The number of aromatic amines is 1. The average molecular weight is 457 g/mol. The lowest BCUT2D eigenvalue weighted by atomic mass is 10.0. The highest BCUT2D eigenvalue weighted by Gasteiger charge is 2.18. The summed E-state index contributed by atoms with van der Waals surface area (Å²) < 4.78 is 7.18. The summed E-state index contributed by atoms with van der Waals surface area (Å²) in [5.41, 5.74) is 4.14. The van der Waals surface area contributed by atoms with E-state index in [-0.39, 0.29) is 6.61 Å². The number of imidazole rings is 1. The van der Waals surface area contributed by atoms with Gasteiger partial charge in [0.1, 0.15) is 17.4 Å². The van der Waals surface area contributed by atoms with Crippen molar-refractivity contribution in [3.63, 3.8) is 0 Å². The van der Waals surface area contributed by atoms with Gasteiger partial charge in [0.15, 0.2) is 0 Å². The zero-order chi connectivity index (χ0) is 23.7. The quantitative estimate of drug-likeness (QED) is 0.290. The third kappa shape index (κ3) is 3.88. The van der Waals surface area contributed by atoms with Crippen LogP contribution in [0.25, 0.3) is 28.1 Å². The van der Waals surface area contributed by atoms with Gasteiger partial charge in [0, 0.05) is 18.7 Å². The summed E-state index contributed by atoms with van der Waals surface area (Å²) in [7, 11) is 3.35. The van der Waals surface area contributed by atoms with Crippen LogP contribution in [0.1, 0.15) is 11.4 Å². The molecule has 0 saturated heterocycles. The fourth-order valence-corrected chi connectivity index (χ4v) is 3.75. The molecule has 0 amide bonds. The van der Waals surface area contributed by atoms with E-state index in [9.17, 15) is 5.11 Å². The summed E-state index contributed by atoms with van der Waals surface area (Å²) in [6.45, 7) is 1.69. The molecule has 0 fully saturated rings. The Labute approximate surface area is 194 Å². The lowest BCUT2D eigenvalue weighted by Crippen LogP contribution is -2.10. The second-order valence-corrected chi connectivity index (χ2v) is 7.51. The molecule has 3 aromatic heterocycles. The number of fused-ring (bicyclic) bond motifs is 1. The van der Waals surface area contributed by atoms with Crippen LogP contribution in [-0.4, -0.2) is 54.0 Å². The first-order valence-electron chi connectivity index (χ1n) is 10.6. The van der Waals surface area contributed by atoms with Gasteiger partial charge >= 0.3 is 0 Å². The second kappa shape index (κ2) is 8.79. The van der Waals surface area contributed by atoms with Crippen LogP contribution in [-0.2, 0) is 6.61 Å². The van der Waals surface area contributed by atoms with Crippen LogP contribution in [0.5, 0.6) is 5.75 Å². The number of benzene rings is 2. The molecule has 34 heavy (non-hydrogen) atoms. The number of aromatic nitrogens is 7. The molecule has 172 valence electrons. The number of nitrogens with zero attached hydrogens (tertiary/aromatic N) is 6. The van der Waals surface area contributed by atoms with Gasteiger partial charge in [0.05, 0.1) is 30.9 Å². The highest BCUT2D eigenvalue weighted by molar-refractivity contribution is 5.86. The summed E-state index contributed by atoms with van der Waals surface area (Å²) in [5, 5.41) is 22.9. The Hall–Kier alpha value is -4.51. The molecule has 4 N–H and O–H groups in total. The van der Waals surface area contributed by atoms with Gasteiger partial charge in [0.25, 0.3) is 0 Å². The number of ether oxygens (including phenoxy) is 1. The van der Waals surface area contributed by atoms with Crippen molar-refractivity contribution in [2.45, 2.75) is 13.5 Å². The molecule has 2 aromatic carbocycles. The average Bonchev–Trinajstić information content (AvgIpc) is 3.50. The number of hydrogen-bond acceptors (Lipinski definition) is 9. The van der Waals surface area contributed by atoms with Crippen LogP contribution >= 0.6 is 0 Å². The van der Waals surface area contributed by atoms with E-state index >= 15 is 0 Å². The van der Waals surface area contributed by atoms with Gasteiger partial charge in [-0.05, 0) is 42.3 Å². The SMILES string of the molecule is CNc1nc(C)nc(-n2c(Nc3ccn[nH]3)nc3ccc(-c4ccc(OC)c(CO)c4)cc32)n1. The summed E-state index contributed by atoms with van der Waals surface area (Å²) >= 11 is 0. The maximum absolute atomic E-state index is 9.75. The Morgan fingerprint density at radius 3 is 2.59 bits per heavy atom. The maximum Gasteiger partial charge on any atom is 0.242 e. The van der Waals surface area contributed by atoms with Crippen molar-refractivity contribution in [3.8, 4) is 22.8 Å². The van der Waals surface area contributed by atoms with Gasteiger partial charge in [0.2, 0.25) is 17.8 Å². The number of anilines is 3. The summed E-state index contributed by atoms with van der Waals surface area (Å²) in [5.74, 6) is 3.29. The molecule has 5 aromatic rings. The molecule has 11 nitrogen and oxygen atoms in total. The number of H-pyrrole nitrogens is 1. The highest BCUT2D eigenvalue weighted by atomic mass is 16.5. The lowest BCUT2D eigenvalue weighted by molar-refractivity contribution is 0.274. The Morgan fingerprint density at radius 1 is 1.03 bits per heavy atom. The van der Waals surface area contributed by atoms with Crippen molar-refractivity contribution in [2.75, 3.05) is 24.8 Å². The third-order valence-electron chi connectivity index (χ3n) is 5.34. The van der Waals surface area contributed by atoms with E-state index in [1.165, 1.54) is 0 Å². The molecule has 0 atom stereocenters. The van der Waals surface area contributed by atoms with E-state index in [1.54, 1.807) is 26.4 Å². The number of aliphatic hydroxyl groups is 1. The first-order valence-corrected chi connectivity index (χ1v) is 10.6. The van der Waals surface area contributed by atoms with E-state index in [0.29, 0.717) is 40.8 Å². The summed E-state index contributed by atoms with van der Waals surface area (Å²) in [6, 6.07) is 13.5. The molecule has 0 radical (unpaired) electrons. The second-order valence-electron chi connectivity index (χ2n) is 7.51. The van der Waals surface area contributed by atoms with Crippen molar-refractivity contribution in [1.82, 2.24) is 34.7 Å². The Morgan fingerprint density at radius 2 is 1.85 bits per heavy atom. The van der Waals surface area contributed by atoms with Crippen LogP contribution in [0.3, 0.4) is 0 Å². The molecular formula is C23H23N9O2. The maximum atomic E-state index is 9.75. The first kappa shape index (κ1) is 21.3. The minimum Gasteiger partial charge on any atom is -0.496 e. The Kier molecular flexibility index (Phi) is 5.52. The van der Waals surface area contributed by atoms with Crippen molar-refractivity contribution < 1.29 is 9.84 Å².